The summed E-state index contributed by atoms with van der Waals surface area (Å²) in [4.78, 5) is 38.9. The highest BCUT2D eigenvalue weighted by Gasteiger charge is 2.46. The van der Waals surface area contributed by atoms with Crippen LogP contribution in [0.4, 0.5) is 5.69 Å². The monoisotopic (exact) mass is 364 g/mol. The van der Waals surface area contributed by atoms with E-state index in [1.807, 2.05) is 32.0 Å². The molecule has 27 heavy (non-hydrogen) atoms. The molecule has 0 bridgehead atoms. The fourth-order valence-corrected chi connectivity index (χ4v) is 3.63. The summed E-state index contributed by atoms with van der Waals surface area (Å²) in [6.07, 6.45) is -0.202. The standard InChI is InChI=1S/C21H20N2O4/c1-12-7-8-14(11-13(12)2)22-19(25)17-9-10-18(24)23(17)20-15-5-3-4-6-16(15)21(26)27-20/h3-8,11,17,20H,9-10H2,1-2H3,(H,22,25)/t17-,20-/m0/s1. The second-order valence-electron chi connectivity index (χ2n) is 6.99. The fourth-order valence-electron chi connectivity index (χ4n) is 3.63. The van der Waals surface area contributed by atoms with E-state index in [4.69, 9.17) is 4.74 Å². The Morgan fingerprint density at radius 3 is 2.67 bits per heavy atom. The third kappa shape index (κ3) is 2.97. The topological polar surface area (TPSA) is 75.7 Å². The minimum atomic E-state index is -0.848. The number of benzene rings is 2. The van der Waals surface area contributed by atoms with Crippen LogP contribution in [0.3, 0.4) is 0 Å². The molecular formula is C21H20N2O4. The number of esters is 1. The Kier molecular flexibility index (Phi) is 4.18. The number of anilines is 1. The molecule has 0 radical (unpaired) electrons. The van der Waals surface area contributed by atoms with Gasteiger partial charge in [-0.3, -0.25) is 14.5 Å². The first kappa shape index (κ1) is 17.3. The van der Waals surface area contributed by atoms with E-state index in [1.54, 1.807) is 24.3 Å². The van der Waals surface area contributed by atoms with Crippen molar-refractivity contribution in [1.29, 1.82) is 0 Å². The van der Waals surface area contributed by atoms with Gasteiger partial charge < -0.3 is 10.1 Å². The number of carbonyl (C=O) groups excluding carboxylic acids is 3. The van der Waals surface area contributed by atoms with Crippen LogP contribution in [0.5, 0.6) is 0 Å². The van der Waals surface area contributed by atoms with E-state index in [-0.39, 0.29) is 18.2 Å². The van der Waals surface area contributed by atoms with Gasteiger partial charge in [-0.2, -0.15) is 0 Å². The van der Waals surface area contributed by atoms with E-state index in [1.165, 1.54) is 4.90 Å². The maximum absolute atomic E-state index is 12.9. The Labute approximate surface area is 157 Å². The van der Waals surface area contributed by atoms with Crippen LogP contribution in [-0.4, -0.2) is 28.7 Å². The molecule has 2 atom stereocenters. The van der Waals surface area contributed by atoms with Crippen molar-refractivity contribution >= 4 is 23.5 Å². The summed E-state index contributed by atoms with van der Waals surface area (Å²) in [5.74, 6) is -0.933. The highest BCUT2D eigenvalue weighted by Crippen LogP contribution is 2.38. The maximum atomic E-state index is 12.9. The third-order valence-corrected chi connectivity index (χ3v) is 5.25. The summed E-state index contributed by atoms with van der Waals surface area (Å²) in [7, 11) is 0. The normalized spacial score (nSPS) is 21.2. The predicted octanol–water partition coefficient (Wildman–Crippen LogP) is 3.10. The number of hydrogen-bond donors (Lipinski definition) is 1. The lowest BCUT2D eigenvalue weighted by molar-refractivity contribution is -0.144. The highest BCUT2D eigenvalue weighted by molar-refractivity contribution is 6.00. The molecule has 2 heterocycles. The number of hydrogen-bond acceptors (Lipinski definition) is 4. The number of nitrogens with one attached hydrogen (secondary N) is 1. The van der Waals surface area contributed by atoms with Crippen LogP contribution in [0, 0.1) is 13.8 Å². The molecule has 4 rings (SSSR count). The quantitative estimate of drug-likeness (QED) is 0.849. The molecule has 2 amide bonds. The number of fused-ring (bicyclic) bond motifs is 1. The van der Waals surface area contributed by atoms with Gasteiger partial charge in [0.25, 0.3) is 0 Å². The van der Waals surface area contributed by atoms with Crippen LogP contribution < -0.4 is 5.32 Å². The minimum Gasteiger partial charge on any atom is -0.433 e. The average molecular weight is 364 g/mol. The molecule has 6 heteroatoms. The second kappa shape index (κ2) is 6.54. The maximum Gasteiger partial charge on any atom is 0.340 e. The molecule has 0 unspecified atom stereocenters. The Bertz CT molecular complexity index is 953. The number of cyclic esters (lactones) is 1. The highest BCUT2D eigenvalue weighted by atomic mass is 16.6. The molecule has 0 aromatic heterocycles. The van der Waals surface area contributed by atoms with Crippen LogP contribution in [0.25, 0.3) is 0 Å². The zero-order valence-corrected chi connectivity index (χ0v) is 15.2. The summed E-state index contributed by atoms with van der Waals surface area (Å²) in [6, 6.07) is 12.0. The van der Waals surface area contributed by atoms with Crippen LogP contribution in [0.2, 0.25) is 0 Å². The average Bonchev–Trinajstić information content (AvgIpc) is 3.19. The van der Waals surface area contributed by atoms with Crippen molar-refractivity contribution in [2.75, 3.05) is 5.32 Å². The first-order chi connectivity index (χ1) is 13.0. The third-order valence-electron chi connectivity index (χ3n) is 5.25. The van der Waals surface area contributed by atoms with Crippen LogP contribution in [0.15, 0.2) is 42.5 Å². The van der Waals surface area contributed by atoms with Gasteiger partial charge in [0.1, 0.15) is 6.04 Å². The van der Waals surface area contributed by atoms with Gasteiger partial charge in [-0.05, 0) is 49.6 Å². The number of ether oxygens (including phenoxy) is 1. The fraction of sp³-hybridized carbons (Fsp3) is 0.286. The van der Waals surface area contributed by atoms with Gasteiger partial charge in [0.2, 0.25) is 18.0 Å². The minimum absolute atomic E-state index is 0.190. The number of likely N-dealkylation sites (tertiary alicyclic amines) is 1. The summed E-state index contributed by atoms with van der Waals surface area (Å²) < 4.78 is 5.44. The molecule has 2 aliphatic rings. The SMILES string of the molecule is Cc1ccc(NC(=O)[C@@H]2CCC(=O)N2[C@H]2OC(=O)c3ccccc32)cc1C. The van der Waals surface area contributed by atoms with Gasteiger partial charge in [0, 0.05) is 17.7 Å². The lowest BCUT2D eigenvalue weighted by Crippen LogP contribution is -2.43. The number of carbonyl (C=O) groups is 3. The van der Waals surface area contributed by atoms with Crippen molar-refractivity contribution in [2.45, 2.75) is 39.0 Å². The molecule has 2 aromatic carbocycles. The van der Waals surface area contributed by atoms with Crippen LogP contribution >= 0.6 is 0 Å². The van der Waals surface area contributed by atoms with E-state index in [0.717, 1.165) is 11.1 Å². The summed E-state index contributed by atoms with van der Waals surface area (Å²) >= 11 is 0. The van der Waals surface area contributed by atoms with Crippen LogP contribution in [-0.2, 0) is 14.3 Å². The lowest BCUT2D eigenvalue weighted by atomic mass is 10.1. The Balaban J connectivity index is 1.59. The molecule has 6 nitrogen and oxygen atoms in total. The smallest absolute Gasteiger partial charge is 0.340 e. The van der Waals surface area contributed by atoms with Gasteiger partial charge in [0.15, 0.2) is 0 Å². The summed E-state index contributed by atoms with van der Waals surface area (Å²) in [6.45, 7) is 3.98. The van der Waals surface area contributed by atoms with Crippen molar-refractivity contribution in [3.8, 4) is 0 Å². The molecular weight excluding hydrogens is 344 g/mol. The van der Waals surface area contributed by atoms with Crippen molar-refractivity contribution in [1.82, 2.24) is 4.90 Å². The van der Waals surface area contributed by atoms with E-state index >= 15 is 0 Å². The first-order valence-electron chi connectivity index (χ1n) is 8.95. The van der Waals surface area contributed by atoms with E-state index in [2.05, 4.69) is 5.32 Å². The van der Waals surface area contributed by atoms with Gasteiger partial charge >= 0.3 is 5.97 Å². The van der Waals surface area contributed by atoms with Crippen molar-refractivity contribution in [2.24, 2.45) is 0 Å². The number of aryl methyl sites for hydroxylation is 2. The molecule has 138 valence electrons. The van der Waals surface area contributed by atoms with Gasteiger partial charge in [-0.25, -0.2) is 4.79 Å². The molecule has 0 aliphatic carbocycles. The first-order valence-corrected chi connectivity index (χ1v) is 8.95. The lowest BCUT2D eigenvalue weighted by Gasteiger charge is -2.29. The number of nitrogens with zero attached hydrogens (tertiary/aromatic N) is 1. The zero-order valence-electron chi connectivity index (χ0n) is 15.2. The Morgan fingerprint density at radius 2 is 1.89 bits per heavy atom. The molecule has 0 spiro atoms. The summed E-state index contributed by atoms with van der Waals surface area (Å²) in [5, 5.41) is 2.89. The van der Waals surface area contributed by atoms with Gasteiger partial charge in [0.05, 0.1) is 5.56 Å². The zero-order chi connectivity index (χ0) is 19.1. The molecule has 1 saturated heterocycles. The second-order valence-corrected chi connectivity index (χ2v) is 6.99. The number of amides is 2. The largest absolute Gasteiger partial charge is 0.433 e. The Hall–Kier alpha value is -3.15. The Morgan fingerprint density at radius 1 is 1.11 bits per heavy atom. The van der Waals surface area contributed by atoms with Crippen molar-refractivity contribution in [3.63, 3.8) is 0 Å². The van der Waals surface area contributed by atoms with E-state index in [9.17, 15) is 14.4 Å². The van der Waals surface area contributed by atoms with E-state index in [0.29, 0.717) is 23.2 Å². The van der Waals surface area contributed by atoms with Gasteiger partial charge in [-0.1, -0.05) is 24.3 Å². The molecule has 0 saturated carbocycles. The van der Waals surface area contributed by atoms with Crippen molar-refractivity contribution in [3.05, 3.63) is 64.7 Å². The molecule has 2 aliphatic heterocycles. The predicted molar refractivity (Wildman–Crippen MR) is 99.0 cm³/mol. The summed E-state index contributed by atoms with van der Waals surface area (Å²) in [5.41, 5.74) is 3.97. The molecule has 2 aromatic rings. The number of rotatable bonds is 3. The molecule has 1 fully saturated rings. The van der Waals surface area contributed by atoms with E-state index < -0.39 is 18.2 Å². The molecule has 1 N–H and O–H groups in total. The van der Waals surface area contributed by atoms with Crippen LogP contribution in [0.1, 0.15) is 46.1 Å². The van der Waals surface area contributed by atoms with Crippen molar-refractivity contribution < 1.29 is 19.1 Å². The van der Waals surface area contributed by atoms with Gasteiger partial charge in [-0.15, -0.1) is 0 Å².